The molecule has 2 aliphatic carbocycles. The first kappa shape index (κ1) is 28.4. The number of carbonyl (C=O) groups is 3. The van der Waals surface area contributed by atoms with Gasteiger partial charge in [-0.3, -0.25) is 14.1 Å². The average molecular weight is 568 g/mol. The first-order chi connectivity index (χ1) is 17.4. The van der Waals surface area contributed by atoms with E-state index < -0.39 is 75.4 Å². The van der Waals surface area contributed by atoms with Crippen LogP contribution in [0.1, 0.15) is 34.3 Å². The number of Topliss-reactive ketones (excluding diaryl/α,β-unsaturated/α-hetero) is 1. The Balaban J connectivity index is 1.63. The van der Waals surface area contributed by atoms with Crippen molar-refractivity contribution in [1.29, 1.82) is 0 Å². The molecule has 3 aliphatic rings. The number of ketones is 1. The van der Waals surface area contributed by atoms with Crippen LogP contribution in [0.15, 0.2) is 18.2 Å². The maximum atomic E-state index is 13.5. The van der Waals surface area contributed by atoms with Crippen LogP contribution in [-0.4, -0.2) is 68.3 Å². The summed E-state index contributed by atoms with van der Waals surface area (Å²) in [4.78, 5) is 37.9. The summed E-state index contributed by atoms with van der Waals surface area (Å²) in [6, 6.07) is 2.74. The molecule has 5 unspecified atom stereocenters. The van der Waals surface area contributed by atoms with Gasteiger partial charge in [-0.25, -0.2) is 4.79 Å². The Morgan fingerprint density at radius 3 is 2.26 bits per heavy atom. The molecule has 4 rings (SSSR count). The first-order valence-corrected chi connectivity index (χ1v) is 12.9. The number of hydrogen-bond donors (Lipinski definition) is 1. The van der Waals surface area contributed by atoms with Crippen LogP contribution < -0.4 is 0 Å². The summed E-state index contributed by atoms with van der Waals surface area (Å²) in [5.74, 6) is -7.70. The monoisotopic (exact) mass is 568 g/mol. The summed E-state index contributed by atoms with van der Waals surface area (Å²) in [7, 11) is -0.309. The Kier molecular flexibility index (Phi) is 6.91. The molecular weight excluding hydrogens is 549 g/mol. The van der Waals surface area contributed by atoms with Gasteiger partial charge in [0.15, 0.2) is 0 Å². The van der Waals surface area contributed by atoms with E-state index in [1.165, 1.54) is 0 Å². The molecular formula is C22H19BF6O8S. The summed E-state index contributed by atoms with van der Waals surface area (Å²) in [5, 5.41) is 0. The van der Waals surface area contributed by atoms with Crippen LogP contribution in [0.25, 0.3) is 0 Å². The minimum absolute atomic E-state index is 0.0111. The van der Waals surface area contributed by atoms with Crippen molar-refractivity contribution in [2.24, 2.45) is 23.7 Å². The van der Waals surface area contributed by atoms with Crippen molar-refractivity contribution in [2.75, 3.05) is 5.75 Å². The van der Waals surface area contributed by atoms with E-state index in [0.717, 1.165) is 18.2 Å². The molecule has 2 saturated carbocycles. The minimum atomic E-state index is -6.48. The molecule has 2 bridgehead atoms. The summed E-state index contributed by atoms with van der Waals surface area (Å²) in [6.07, 6.45) is -12.7. The van der Waals surface area contributed by atoms with Crippen molar-refractivity contribution >= 4 is 35.7 Å². The first-order valence-electron chi connectivity index (χ1n) is 11.3. The molecule has 0 spiro atoms. The van der Waals surface area contributed by atoms with E-state index in [2.05, 4.69) is 4.74 Å². The molecule has 16 heteroatoms. The second kappa shape index (κ2) is 9.24. The lowest BCUT2D eigenvalue weighted by Gasteiger charge is -2.35. The topological polar surface area (TPSA) is 124 Å². The zero-order valence-corrected chi connectivity index (χ0v) is 20.0. The molecule has 1 heterocycles. The molecule has 0 amide bonds. The van der Waals surface area contributed by atoms with Gasteiger partial charge in [-0.1, -0.05) is 17.9 Å². The Morgan fingerprint density at radius 1 is 1.08 bits per heavy atom. The van der Waals surface area contributed by atoms with Crippen molar-refractivity contribution in [3.8, 4) is 0 Å². The lowest BCUT2D eigenvalue weighted by molar-refractivity contribution is -0.356. The van der Waals surface area contributed by atoms with E-state index in [-0.39, 0.29) is 35.4 Å². The fourth-order valence-corrected chi connectivity index (χ4v) is 6.71. The highest BCUT2D eigenvalue weighted by molar-refractivity contribution is 7.85. The predicted molar refractivity (Wildman–Crippen MR) is 114 cm³/mol. The van der Waals surface area contributed by atoms with Crippen molar-refractivity contribution in [3.63, 3.8) is 0 Å². The van der Waals surface area contributed by atoms with E-state index in [1.807, 2.05) is 0 Å². The SMILES string of the molecule is [B]Cc1ccc(C(=O)OC(CS(=O)(=O)O)(C(F)(F)F)C(F)(F)F)cc1CC(=O)C1C2CC3OC(=O)C1C3C2. The number of fused-ring (bicyclic) bond motifs is 1. The number of alkyl halides is 6. The molecule has 0 aromatic heterocycles. The summed E-state index contributed by atoms with van der Waals surface area (Å²) in [5.41, 5.74) is -6.17. The van der Waals surface area contributed by atoms with E-state index in [9.17, 15) is 49.1 Å². The Labute approximate surface area is 213 Å². The second-order valence-corrected chi connectivity index (χ2v) is 11.1. The molecule has 1 aliphatic heterocycles. The van der Waals surface area contributed by atoms with E-state index in [0.29, 0.717) is 12.8 Å². The number of hydrogen-bond acceptors (Lipinski definition) is 7. The van der Waals surface area contributed by atoms with Crippen LogP contribution in [0.3, 0.4) is 0 Å². The van der Waals surface area contributed by atoms with Gasteiger partial charge in [0, 0.05) is 18.3 Å². The Hall–Kier alpha value is -2.62. The maximum Gasteiger partial charge on any atom is 0.438 e. The Morgan fingerprint density at radius 2 is 1.71 bits per heavy atom. The van der Waals surface area contributed by atoms with Gasteiger partial charge in [0.1, 0.15) is 17.6 Å². The molecule has 3 fully saturated rings. The van der Waals surface area contributed by atoms with E-state index in [1.54, 1.807) is 0 Å². The fraction of sp³-hybridized carbons (Fsp3) is 0.591. The lowest BCUT2D eigenvalue weighted by Crippen LogP contribution is -2.63. The standard InChI is InChI=1S/C22H19BF6O8S/c23-7-10-2-1-9(18(31)37-20(21(24,25)26,22(27,28)29)8-38(33,34)35)3-11(10)5-14(30)16-12-4-13-15(6-12)36-19(32)17(13)16/h1-3,12-13,15-17H,4-8H2,(H,33,34,35). The zero-order chi connectivity index (χ0) is 28.4. The smallest absolute Gasteiger partial charge is 0.438 e. The van der Waals surface area contributed by atoms with E-state index >= 15 is 0 Å². The second-order valence-electron chi connectivity index (χ2n) is 9.69. The largest absolute Gasteiger partial charge is 0.462 e. The van der Waals surface area contributed by atoms with Gasteiger partial charge in [0.05, 0.1) is 19.3 Å². The molecule has 8 nitrogen and oxygen atoms in total. The summed E-state index contributed by atoms with van der Waals surface area (Å²) in [6.45, 7) is 0. The van der Waals surface area contributed by atoms with Crippen molar-refractivity contribution in [2.45, 2.75) is 49.6 Å². The van der Waals surface area contributed by atoms with Gasteiger partial charge < -0.3 is 9.47 Å². The van der Waals surface area contributed by atoms with Gasteiger partial charge in [-0.15, -0.1) is 0 Å². The third-order valence-corrected chi connectivity index (χ3v) is 8.22. The summed E-state index contributed by atoms with van der Waals surface area (Å²) < 4.78 is 121. The third kappa shape index (κ3) is 4.80. The van der Waals surface area contributed by atoms with Gasteiger partial charge >= 0.3 is 29.9 Å². The van der Waals surface area contributed by atoms with Crippen LogP contribution in [0.4, 0.5) is 26.3 Å². The quantitative estimate of drug-likeness (QED) is 0.220. The van der Waals surface area contributed by atoms with Crippen molar-refractivity contribution in [1.82, 2.24) is 0 Å². The molecule has 38 heavy (non-hydrogen) atoms. The zero-order valence-electron chi connectivity index (χ0n) is 19.2. The van der Waals surface area contributed by atoms with Crippen molar-refractivity contribution < 1.29 is 63.2 Å². The minimum Gasteiger partial charge on any atom is -0.462 e. The molecule has 5 atom stereocenters. The lowest BCUT2D eigenvalue weighted by atomic mass is 9.76. The van der Waals surface area contributed by atoms with Crippen LogP contribution in [0.2, 0.25) is 0 Å². The molecule has 2 radical (unpaired) electrons. The molecule has 1 saturated heterocycles. The number of halogens is 6. The van der Waals surface area contributed by atoms with Gasteiger partial charge in [0.2, 0.25) is 0 Å². The van der Waals surface area contributed by atoms with Crippen LogP contribution in [0, 0.1) is 23.7 Å². The van der Waals surface area contributed by atoms with Gasteiger partial charge in [0.25, 0.3) is 10.1 Å². The van der Waals surface area contributed by atoms with Crippen LogP contribution in [-0.2, 0) is 41.9 Å². The van der Waals surface area contributed by atoms with Gasteiger partial charge in [-0.2, -0.15) is 34.8 Å². The highest BCUT2D eigenvalue weighted by atomic mass is 32.2. The Bertz CT molecular complexity index is 1260. The number of esters is 2. The van der Waals surface area contributed by atoms with E-state index in [4.69, 9.17) is 17.1 Å². The highest BCUT2D eigenvalue weighted by Gasteiger charge is 2.76. The maximum absolute atomic E-state index is 13.5. The third-order valence-electron chi connectivity index (χ3n) is 7.45. The molecule has 1 aromatic carbocycles. The highest BCUT2D eigenvalue weighted by Crippen LogP contribution is 2.58. The number of rotatable bonds is 8. The normalized spacial score (nSPS) is 26.9. The van der Waals surface area contributed by atoms with Crippen LogP contribution >= 0.6 is 0 Å². The number of carbonyl (C=O) groups excluding carboxylic acids is 3. The molecule has 1 N–H and O–H groups in total. The average Bonchev–Trinajstić information content (AvgIpc) is 3.39. The number of ether oxygens (including phenoxy) is 2. The molecule has 1 aromatic rings. The van der Waals surface area contributed by atoms with Crippen molar-refractivity contribution in [3.05, 3.63) is 34.9 Å². The predicted octanol–water partition coefficient (Wildman–Crippen LogP) is 2.57. The number of benzene rings is 1. The fourth-order valence-electron chi connectivity index (χ4n) is 5.81. The molecule has 206 valence electrons. The van der Waals surface area contributed by atoms with Gasteiger partial charge in [-0.05, 0) is 36.5 Å². The van der Waals surface area contributed by atoms with Crippen LogP contribution in [0.5, 0.6) is 0 Å². The summed E-state index contributed by atoms with van der Waals surface area (Å²) >= 11 is 0.